The minimum absolute atomic E-state index is 0.331. The van der Waals surface area contributed by atoms with E-state index in [1.165, 1.54) is 13.1 Å². The number of aryl methyl sites for hydroxylation is 1. The van der Waals surface area contributed by atoms with Gasteiger partial charge in [0, 0.05) is 13.1 Å². The summed E-state index contributed by atoms with van der Waals surface area (Å²) in [4.78, 5) is 11.5. The molecule has 0 fully saturated rings. The average molecular weight is 224 g/mol. The van der Waals surface area contributed by atoms with Crippen LogP contribution in [0.2, 0.25) is 0 Å². The van der Waals surface area contributed by atoms with Crippen LogP contribution >= 0.6 is 0 Å². The minimum Gasteiger partial charge on any atom is -0.463 e. The molecule has 0 spiro atoms. The molecular formula is C9H9FN4O2. The van der Waals surface area contributed by atoms with E-state index in [-0.39, 0.29) is 5.69 Å². The second kappa shape index (κ2) is 4.13. The molecular weight excluding hydrogens is 215 g/mol. The van der Waals surface area contributed by atoms with E-state index in [1.54, 1.807) is 18.2 Å². The van der Waals surface area contributed by atoms with E-state index in [4.69, 9.17) is 0 Å². The number of nitrogens with zero attached hydrogens (tertiary/aromatic N) is 4. The molecule has 2 aromatic rings. The molecule has 7 heteroatoms. The normalized spacial score (nSPS) is 10.4. The van der Waals surface area contributed by atoms with Gasteiger partial charge in [0.25, 0.3) is 0 Å². The number of alkyl halides is 1. The summed E-state index contributed by atoms with van der Waals surface area (Å²) in [5.41, 5.74) is 0.0986. The first-order valence-corrected chi connectivity index (χ1v) is 4.50. The van der Waals surface area contributed by atoms with Gasteiger partial charge < -0.3 is 4.74 Å². The maximum atomic E-state index is 12.0. The predicted octanol–water partition coefficient (Wildman–Crippen LogP) is 0.272. The van der Waals surface area contributed by atoms with Crippen LogP contribution < -0.4 is 10.4 Å². The number of hydrogen-bond acceptors (Lipinski definition) is 4. The highest BCUT2D eigenvalue weighted by molar-refractivity contribution is 5.37. The SMILES string of the molecule is Cn1nnn(-c2cccc(OCF)c2)c1=O. The van der Waals surface area contributed by atoms with E-state index in [1.807, 2.05) is 0 Å². The van der Waals surface area contributed by atoms with Gasteiger partial charge in [-0.3, -0.25) is 0 Å². The molecule has 0 amide bonds. The lowest BCUT2D eigenvalue weighted by molar-refractivity contribution is 0.191. The van der Waals surface area contributed by atoms with Gasteiger partial charge in [-0.2, -0.15) is 9.36 Å². The number of rotatable bonds is 3. The van der Waals surface area contributed by atoms with Crippen LogP contribution in [0.15, 0.2) is 29.1 Å². The summed E-state index contributed by atoms with van der Waals surface area (Å²) in [5.74, 6) is 0.331. The zero-order chi connectivity index (χ0) is 11.5. The molecule has 0 bridgehead atoms. The maximum absolute atomic E-state index is 12.0. The van der Waals surface area contributed by atoms with Crippen molar-refractivity contribution < 1.29 is 9.13 Å². The molecule has 6 nitrogen and oxygen atoms in total. The fourth-order valence-electron chi connectivity index (χ4n) is 1.24. The Kier molecular flexibility index (Phi) is 2.67. The highest BCUT2D eigenvalue weighted by Gasteiger charge is 2.06. The number of hydrogen-bond donors (Lipinski definition) is 0. The summed E-state index contributed by atoms with van der Waals surface area (Å²) >= 11 is 0. The first kappa shape index (κ1) is 10.3. The molecule has 1 aromatic carbocycles. The molecule has 84 valence electrons. The van der Waals surface area contributed by atoms with Gasteiger partial charge in [-0.15, -0.1) is 0 Å². The van der Waals surface area contributed by atoms with Crippen molar-refractivity contribution in [3.8, 4) is 11.4 Å². The van der Waals surface area contributed by atoms with E-state index >= 15 is 0 Å². The van der Waals surface area contributed by atoms with Gasteiger partial charge in [-0.1, -0.05) is 6.07 Å². The van der Waals surface area contributed by atoms with Crippen LogP contribution in [-0.4, -0.2) is 26.7 Å². The Morgan fingerprint density at radius 1 is 1.44 bits per heavy atom. The smallest absolute Gasteiger partial charge is 0.368 e. The highest BCUT2D eigenvalue weighted by atomic mass is 19.1. The molecule has 0 aliphatic heterocycles. The van der Waals surface area contributed by atoms with Crippen LogP contribution in [0.3, 0.4) is 0 Å². The lowest BCUT2D eigenvalue weighted by atomic mass is 10.3. The summed E-state index contributed by atoms with van der Waals surface area (Å²) in [6.45, 7) is -0.918. The number of halogens is 1. The second-order valence-electron chi connectivity index (χ2n) is 3.05. The first-order valence-electron chi connectivity index (χ1n) is 4.50. The van der Waals surface area contributed by atoms with Crippen LogP contribution in [0.1, 0.15) is 0 Å². The third kappa shape index (κ3) is 1.79. The van der Waals surface area contributed by atoms with Gasteiger partial charge in [-0.25, -0.2) is 9.18 Å². The Hall–Kier alpha value is -2.18. The Morgan fingerprint density at radius 2 is 2.25 bits per heavy atom. The lowest BCUT2D eigenvalue weighted by Crippen LogP contribution is -2.21. The lowest BCUT2D eigenvalue weighted by Gasteiger charge is -2.02. The van der Waals surface area contributed by atoms with E-state index in [2.05, 4.69) is 15.2 Å². The van der Waals surface area contributed by atoms with Crippen LogP contribution in [-0.2, 0) is 7.05 Å². The molecule has 0 atom stereocenters. The number of ether oxygens (including phenoxy) is 1. The number of aromatic nitrogens is 4. The van der Waals surface area contributed by atoms with E-state index < -0.39 is 6.86 Å². The molecule has 2 rings (SSSR count). The Morgan fingerprint density at radius 3 is 2.88 bits per heavy atom. The first-order chi connectivity index (χ1) is 7.72. The van der Waals surface area contributed by atoms with Crippen molar-refractivity contribution in [1.29, 1.82) is 0 Å². The quantitative estimate of drug-likeness (QED) is 0.750. The fraction of sp³-hybridized carbons (Fsp3) is 0.222. The topological polar surface area (TPSA) is 61.9 Å². The zero-order valence-corrected chi connectivity index (χ0v) is 8.50. The van der Waals surface area contributed by atoms with Crippen molar-refractivity contribution in [1.82, 2.24) is 19.8 Å². The van der Waals surface area contributed by atoms with Crippen molar-refractivity contribution in [3.63, 3.8) is 0 Å². The molecule has 0 N–H and O–H groups in total. The fourth-order valence-corrected chi connectivity index (χ4v) is 1.24. The van der Waals surface area contributed by atoms with Gasteiger partial charge in [-0.05, 0) is 22.6 Å². The summed E-state index contributed by atoms with van der Waals surface area (Å²) in [6.07, 6.45) is 0. The molecule has 1 heterocycles. The van der Waals surface area contributed by atoms with Gasteiger partial charge in [0.2, 0.25) is 6.86 Å². The molecule has 0 aliphatic carbocycles. The van der Waals surface area contributed by atoms with Crippen LogP contribution in [0, 0.1) is 0 Å². The van der Waals surface area contributed by atoms with Gasteiger partial charge in [0.15, 0.2) is 0 Å². The molecule has 0 saturated heterocycles. The maximum Gasteiger partial charge on any atom is 0.368 e. The average Bonchev–Trinajstić information content (AvgIpc) is 2.61. The second-order valence-corrected chi connectivity index (χ2v) is 3.05. The molecule has 0 unspecified atom stereocenters. The van der Waals surface area contributed by atoms with E-state index in [0.29, 0.717) is 11.4 Å². The third-order valence-corrected chi connectivity index (χ3v) is 2.01. The summed E-state index contributed by atoms with van der Waals surface area (Å²) in [6, 6.07) is 6.39. The van der Waals surface area contributed by atoms with Gasteiger partial charge in [0.1, 0.15) is 5.75 Å². The van der Waals surface area contributed by atoms with Crippen LogP contribution in [0.25, 0.3) is 5.69 Å². The van der Waals surface area contributed by atoms with Gasteiger partial charge in [0.05, 0.1) is 5.69 Å². The molecule has 0 radical (unpaired) electrons. The van der Waals surface area contributed by atoms with Crippen molar-refractivity contribution in [2.24, 2.45) is 7.05 Å². The molecule has 1 aromatic heterocycles. The monoisotopic (exact) mass is 224 g/mol. The van der Waals surface area contributed by atoms with Crippen LogP contribution in [0.5, 0.6) is 5.75 Å². The Labute approximate surface area is 89.9 Å². The molecule has 16 heavy (non-hydrogen) atoms. The predicted molar refractivity (Wildman–Crippen MR) is 53.2 cm³/mol. The molecule has 0 saturated carbocycles. The van der Waals surface area contributed by atoms with Gasteiger partial charge >= 0.3 is 5.69 Å². The third-order valence-electron chi connectivity index (χ3n) is 2.01. The van der Waals surface area contributed by atoms with Crippen LogP contribution in [0.4, 0.5) is 4.39 Å². The number of benzene rings is 1. The van der Waals surface area contributed by atoms with Crippen molar-refractivity contribution in [2.45, 2.75) is 0 Å². The standard InChI is InChI=1S/C9H9FN4O2/c1-13-9(15)14(12-11-13)7-3-2-4-8(5-7)16-6-10/h2-5H,6H2,1H3. The van der Waals surface area contributed by atoms with Crippen molar-refractivity contribution in [2.75, 3.05) is 6.86 Å². The van der Waals surface area contributed by atoms with Crippen molar-refractivity contribution >= 4 is 0 Å². The summed E-state index contributed by atoms with van der Waals surface area (Å²) in [7, 11) is 1.49. The Bertz CT molecular complexity index is 548. The van der Waals surface area contributed by atoms with E-state index in [0.717, 1.165) is 9.36 Å². The summed E-state index contributed by atoms with van der Waals surface area (Å²) in [5, 5.41) is 7.23. The zero-order valence-electron chi connectivity index (χ0n) is 8.50. The molecule has 0 aliphatic rings. The Balaban J connectivity index is 2.44. The van der Waals surface area contributed by atoms with E-state index in [9.17, 15) is 9.18 Å². The highest BCUT2D eigenvalue weighted by Crippen LogP contribution is 2.14. The number of tetrazole rings is 1. The minimum atomic E-state index is -0.918. The van der Waals surface area contributed by atoms with Crippen molar-refractivity contribution in [3.05, 3.63) is 34.7 Å². The largest absolute Gasteiger partial charge is 0.463 e. The summed E-state index contributed by atoms with van der Waals surface area (Å²) < 4.78 is 18.9.